The Morgan fingerprint density at radius 3 is 2.64 bits per heavy atom. The Labute approximate surface area is 133 Å². The second-order valence-corrected chi connectivity index (χ2v) is 6.76. The van der Waals surface area contributed by atoms with E-state index >= 15 is 0 Å². The summed E-state index contributed by atoms with van der Waals surface area (Å²) in [7, 11) is 0. The lowest BCUT2D eigenvalue weighted by atomic mass is 9.84. The molecule has 0 radical (unpaired) electrons. The number of hydrogen-bond acceptors (Lipinski definition) is 2. The normalized spacial score (nSPS) is 20.0. The van der Waals surface area contributed by atoms with E-state index in [1.54, 1.807) is 0 Å². The van der Waals surface area contributed by atoms with Crippen LogP contribution in [-0.2, 0) is 6.54 Å². The average Bonchev–Trinajstić information content (AvgIpc) is 2.80. The van der Waals surface area contributed by atoms with Crippen molar-refractivity contribution in [2.75, 3.05) is 19.6 Å². The van der Waals surface area contributed by atoms with Crippen LogP contribution in [0.3, 0.4) is 0 Å². The van der Waals surface area contributed by atoms with Crippen molar-refractivity contribution in [3.05, 3.63) is 17.7 Å². The molecule has 1 N–H and O–H groups in total. The number of rotatable bonds is 4. The van der Waals surface area contributed by atoms with Crippen molar-refractivity contribution in [1.29, 1.82) is 0 Å². The second kappa shape index (κ2) is 6.71. The highest BCUT2D eigenvalue weighted by molar-refractivity contribution is 5.74. The van der Waals surface area contributed by atoms with Crippen LogP contribution in [0.5, 0.6) is 0 Å². The van der Waals surface area contributed by atoms with E-state index in [0.29, 0.717) is 18.4 Å². The van der Waals surface area contributed by atoms with Crippen LogP contribution in [0.2, 0.25) is 0 Å². The molecule has 3 rings (SSSR count). The standard InChI is InChI=1S/C17H28N4O/c1-3-18-17(22)20-9-7-14(8-10-20)12-21-13(2)11-19-16(21)15-5-4-6-15/h11,14-15H,3-10,12H2,1-2H3,(H,18,22). The molecule has 2 amide bonds. The Balaban J connectivity index is 1.57. The summed E-state index contributed by atoms with van der Waals surface area (Å²) in [5.74, 6) is 2.65. The fourth-order valence-electron chi connectivity index (χ4n) is 3.55. The number of carbonyl (C=O) groups excluding carboxylic acids is 1. The first-order valence-corrected chi connectivity index (χ1v) is 8.73. The van der Waals surface area contributed by atoms with Gasteiger partial charge in [0.2, 0.25) is 0 Å². The van der Waals surface area contributed by atoms with E-state index in [9.17, 15) is 4.79 Å². The van der Waals surface area contributed by atoms with E-state index in [2.05, 4.69) is 21.8 Å². The maximum atomic E-state index is 11.9. The zero-order chi connectivity index (χ0) is 15.5. The van der Waals surface area contributed by atoms with Crippen LogP contribution in [0.1, 0.15) is 56.5 Å². The molecule has 5 nitrogen and oxygen atoms in total. The van der Waals surface area contributed by atoms with Crippen LogP contribution in [0.15, 0.2) is 6.20 Å². The lowest BCUT2D eigenvalue weighted by Gasteiger charge is -2.33. The number of nitrogens with one attached hydrogen (secondary N) is 1. The van der Waals surface area contributed by atoms with Crippen molar-refractivity contribution >= 4 is 6.03 Å². The van der Waals surface area contributed by atoms with Gasteiger partial charge in [-0.3, -0.25) is 0 Å². The van der Waals surface area contributed by atoms with Gasteiger partial charge in [-0.25, -0.2) is 9.78 Å². The third kappa shape index (κ3) is 3.13. The lowest BCUT2D eigenvalue weighted by Crippen LogP contribution is -2.44. The molecule has 1 aromatic heterocycles. The summed E-state index contributed by atoms with van der Waals surface area (Å²) in [6.45, 7) is 7.66. The van der Waals surface area contributed by atoms with Crippen molar-refractivity contribution in [3.63, 3.8) is 0 Å². The van der Waals surface area contributed by atoms with Gasteiger partial charge in [0.25, 0.3) is 0 Å². The zero-order valence-electron chi connectivity index (χ0n) is 13.8. The van der Waals surface area contributed by atoms with E-state index in [0.717, 1.165) is 32.5 Å². The maximum Gasteiger partial charge on any atom is 0.317 e. The topological polar surface area (TPSA) is 50.2 Å². The van der Waals surface area contributed by atoms with Gasteiger partial charge in [0.1, 0.15) is 5.82 Å². The average molecular weight is 304 g/mol. The number of imidazole rings is 1. The van der Waals surface area contributed by atoms with Gasteiger partial charge in [0.05, 0.1) is 0 Å². The fraction of sp³-hybridized carbons (Fsp3) is 0.765. The maximum absolute atomic E-state index is 11.9. The first-order valence-electron chi connectivity index (χ1n) is 8.73. The SMILES string of the molecule is CCNC(=O)N1CCC(Cn2c(C)cnc2C2CCC2)CC1. The van der Waals surface area contributed by atoms with Gasteiger partial charge in [-0.2, -0.15) is 0 Å². The molecule has 22 heavy (non-hydrogen) atoms. The number of nitrogens with zero attached hydrogens (tertiary/aromatic N) is 3. The van der Waals surface area contributed by atoms with Crippen molar-refractivity contribution in [2.24, 2.45) is 5.92 Å². The summed E-state index contributed by atoms with van der Waals surface area (Å²) >= 11 is 0. The van der Waals surface area contributed by atoms with Crippen LogP contribution in [0.25, 0.3) is 0 Å². The molecule has 0 aromatic carbocycles. The minimum atomic E-state index is 0.0925. The first-order chi connectivity index (χ1) is 10.7. The molecule has 122 valence electrons. The summed E-state index contributed by atoms with van der Waals surface area (Å²) in [4.78, 5) is 18.5. The van der Waals surface area contributed by atoms with Crippen molar-refractivity contribution in [1.82, 2.24) is 19.8 Å². The molecule has 0 unspecified atom stereocenters. The van der Waals surface area contributed by atoms with Gasteiger partial charge >= 0.3 is 6.03 Å². The summed E-state index contributed by atoms with van der Waals surface area (Å²) in [6, 6.07) is 0.0925. The fourth-order valence-corrected chi connectivity index (χ4v) is 3.55. The Kier molecular flexibility index (Phi) is 4.69. The van der Waals surface area contributed by atoms with E-state index in [1.165, 1.54) is 30.8 Å². The molecule has 0 spiro atoms. The third-order valence-electron chi connectivity index (χ3n) is 5.23. The van der Waals surface area contributed by atoms with E-state index < -0.39 is 0 Å². The van der Waals surface area contributed by atoms with Gasteiger partial charge in [0.15, 0.2) is 0 Å². The zero-order valence-corrected chi connectivity index (χ0v) is 13.8. The molecule has 1 saturated carbocycles. The summed E-state index contributed by atoms with van der Waals surface area (Å²) in [5.41, 5.74) is 1.29. The molecule has 2 aliphatic rings. The highest BCUT2D eigenvalue weighted by atomic mass is 16.2. The molecule has 0 bridgehead atoms. The van der Waals surface area contributed by atoms with Gasteiger partial charge in [-0.1, -0.05) is 6.42 Å². The molecule has 1 aromatic rings. The van der Waals surface area contributed by atoms with Gasteiger partial charge in [0, 0.05) is 44.0 Å². The predicted octanol–water partition coefficient (Wildman–Crippen LogP) is 2.90. The second-order valence-electron chi connectivity index (χ2n) is 6.76. The molecule has 1 saturated heterocycles. The number of likely N-dealkylation sites (tertiary alicyclic amines) is 1. The van der Waals surface area contributed by atoms with Crippen LogP contribution < -0.4 is 5.32 Å². The lowest BCUT2D eigenvalue weighted by molar-refractivity contribution is 0.165. The van der Waals surface area contributed by atoms with Gasteiger partial charge < -0.3 is 14.8 Å². The number of amides is 2. The molecule has 2 heterocycles. The molecule has 2 fully saturated rings. The largest absolute Gasteiger partial charge is 0.338 e. The number of aryl methyl sites for hydroxylation is 1. The number of carbonyl (C=O) groups is 1. The van der Waals surface area contributed by atoms with Crippen LogP contribution >= 0.6 is 0 Å². The van der Waals surface area contributed by atoms with E-state index in [-0.39, 0.29) is 6.03 Å². The third-order valence-corrected chi connectivity index (χ3v) is 5.23. The van der Waals surface area contributed by atoms with Crippen molar-refractivity contribution < 1.29 is 4.79 Å². The van der Waals surface area contributed by atoms with Gasteiger partial charge in [-0.15, -0.1) is 0 Å². The Bertz CT molecular complexity index is 513. The predicted molar refractivity (Wildman–Crippen MR) is 86.9 cm³/mol. The quantitative estimate of drug-likeness (QED) is 0.930. The number of hydrogen-bond donors (Lipinski definition) is 1. The van der Waals surface area contributed by atoms with E-state index in [4.69, 9.17) is 0 Å². The number of piperidine rings is 1. The first kappa shape index (κ1) is 15.4. The Morgan fingerprint density at radius 2 is 2.05 bits per heavy atom. The number of aromatic nitrogens is 2. The van der Waals surface area contributed by atoms with Crippen LogP contribution in [-0.4, -0.2) is 40.1 Å². The van der Waals surface area contributed by atoms with E-state index in [1.807, 2.05) is 18.0 Å². The van der Waals surface area contributed by atoms with Crippen LogP contribution in [0, 0.1) is 12.8 Å². The molecule has 1 aliphatic carbocycles. The summed E-state index contributed by atoms with van der Waals surface area (Å²) < 4.78 is 2.44. The van der Waals surface area contributed by atoms with Crippen molar-refractivity contribution in [2.45, 2.75) is 58.4 Å². The Hall–Kier alpha value is -1.52. The highest BCUT2D eigenvalue weighted by Crippen LogP contribution is 2.36. The van der Waals surface area contributed by atoms with Gasteiger partial charge in [-0.05, 0) is 45.4 Å². The molecule has 0 atom stereocenters. The summed E-state index contributed by atoms with van der Waals surface area (Å²) in [5, 5.41) is 2.90. The minimum absolute atomic E-state index is 0.0925. The molecule has 1 aliphatic heterocycles. The molecular formula is C17H28N4O. The minimum Gasteiger partial charge on any atom is -0.338 e. The monoisotopic (exact) mass is 304 g/mol. The van der Waals surface area contributed by atoms with Crippen LogP contribution in [0.4, 0.5) is 4.79 Å². The number of urea groups is 1. The smallest absolute Gasteiger partial charge is 0.317 e. The molecule has 5 heteroatoms. The Morgan fingerprint density at radius 1 is 1.32 bits per heavy atom. The highest BCUT2D eigenvalue weighted by Gasteiger charge is 2.27. The van der Waals surface area contributed by atoms with Crippen molar-refractivity contribution in [3.8, 4) is 0 Å². The summed E-state index contributed by atoms with van der Waals surface area (Å²) in [6.07, 6.45) is 8.16. The molecular weight excluding hydrogens is 276 g/mol.